The number of carbonyl (C=O) groups is 1. The molecule has 0 atom stereocenters. The number of urea groups is 1. The highest BCUT2D eigenvalue weighted by Gasteiger charge is 2.34. The van der Waals surface area contributed by atoms with Gasteiger partial charge in [0.05, 0.1) is 10.7 Å². The predicted molar refractivity (Wildman–Crippen MR) is 104 cm³/mol. The Morgan fingerprint density at radius 2 is 1.76 bits per heavy atom. The predicted octanol–water partition coefficient (Wildman–Crippen LogP) is 4.80. The minimum atomic E-state index is -0.243. The first kappa shape index (κ1) is 18.1. The molecule has 0 spiro atoms. The third-order valence-corrected chi connectivity index (χ3v) is 6.00. The van der Waals surface area contributed by atoms with Crippen LogP contribution >= 0.6 is 23.4 Å². The number of nitrogens with one attached hydrogen (secondary N) is 2. The molecule has 0 saturated carbocycles. The second-order valence-corrected chi connectivity index (χ2v) is 7.95. The Morgan fingerprint density at radius 3 is 2.48 bits per heavy atom. The van der Waals surface area contributed by atoms with Crippen molar-refractivity contribution in [1.29, 1.82) is 0 Å². The molecule has 1 heterocycles. The molecule has 0 unspecified atom stereocenters. The molecule has 0 aromatic heterocycles. The van der Waals surface area contributed by atoms with Gasteiger partial charge in [-0.3, -0.25) is 0 Å². The smallest absolute Gasteiger partial charge is 0.319 e. The van der Waals surface area contributed by atoms with Crippen LogP contribution in [-0.4, -0.2) is 30.5 Å². The molecule has 2 aromatic rings. The molecule has 1 saturated heterocycles. The molecule has 2 N–H and O–H groups in total. The van der Waals surface area contributed by atoms with Crippen molar-refractivity contribution in [2.45, 2.75) is 22.5 Å². The van der Waals surface area contributed by atoms with Crippen LogP contribution in [0.5, 0.6) is 0 Å². The highest BCUT2D eigenvalue weighted by molar-refractivity contribution is 8.00. The summed E-state index contributed by atoms with van der Waals surface area (Å²) in [5.74, 6) is 0. The van der Waals surface area contributed by atoms with Crippen molar-refractivity contribution in [1.82, 2.24) is 5.32 Å². The molecule has 132 valence electrons. The van der Waals surface area contributed by atoms with E-state index >= 15 is 0 Å². The number of carbonyl (C=O) groups excluding carboxylic acids is 1. The van der Waals surface area contributed by atoms with Crippen molar-refractivity contribution < 1.29 is 9.53 Å². The van der Waals surface area contributed by atoms with E-state index in [1.54, 1.807) is 12.1 Å². The maximum atomic E-state index is 12.3. The zero-order chi connectivity index (χ0) is 17.5. The SMILES string of the molecule is O=C(NCC1(Sc2ccccc2)CCOCC1)Nc1ccccc1Cl. The molecule has 2 amide bonds. The number of hydrogen-bond acceptors (Lipinski definition) is 3. The number of rotatable bonds is 5. The molecule has 1 aliphatic heterocycles. The highest BCUT2D eigenvalue weighted by atomic mass is 35.5. The molecule has 3 rings (SSSR count). The minimum absolute atomic E-state index is 0.0581. The summed E-state index contributed by atoms with van der Waals surface area (Å²) in [5, 5.41) is 6.34. The van der Waals surface area contributed by atoms with Crippen LogP contribution in [0.25, 0.3) is 0 Å². The lowest BCUT2D eigenvalue weighted by molar-refractivity contribution is 0.0777. The van der Waals surface area contributed by atoms with Crippen molar-refractivity contribution >= 4 is 35.1 Å². The first-order chi connectivity index (χ1) is 12.2. The van der Waals surface area contributed by atoms with E-state index in [-0.39, 0.29) is 10.8 Å². The van der Waals surface area contributed by atoms with Crippen molar-refractivity contribution in [3.8, 4) is 0 Å². The zero-order valence-corrected chi connectivity index (χ0v) is 15.4. The molecular weight excluding hydrogens is 356 g/mol. The summed E-state index contributed by atoms with van der Waals surface area (Å²) in [6.07, 6.45) is 1.80. The third kappa shape index (κ3) is 5.14. The van der Waals surface area contributed by atoms with Gasteiger partial charge in [0.1, 0.15) is 0 Å². The Labute approximate surface area is 157 Å². The van der Waals surface area contributed by atoms with E-state index in [1.807, 2.05) is 42.1 Å². The molecule has 1 aliphatic rings. The largest absolute Gasteiger partial charge is 0.381 e. The van der Waals surface area contributed by atoms with E-state index < -0.39 is 0 Å². The third-order valence-electron chi connectivity index (χ3n) is 4.17. The number of ether oxygens (including phenoxy) is 1. The van der Waals surface area contributed by atoms with E-state index in [1.165, 1.54) is 4.90 Å². The molecule has 25 heavy (non-hydrogen) atoms. The number of halogens is 1. The average Bonchev–Trinajstić information content (AvgIpc) is 2.64. The van der Waals surface area contributed by atoms with E-state index in [0.717, 1.165) is 12.8 Å². The van der Waals surface area contributed by atoms with Gasteiger partial charge in [-0.1, -0.05) is 41.9 Å². The summed E-state index contributed by atoms with van der Waals surface area (Å²) in [7, 11) is 0. The summed E-state index contributed by atoms with van der Waals surface area (Å²) in [6.45, 7) is 2.01. The normalized spacial score (nSPS) is 16.2. The first-order valence-electron chi connectivity index (χ1n) is 8.28. The number of hydrogen-bond donors (Lipinski definition) is 2. The van der Waals surface area contributed by atoms with Gasteiger partial charge < -0.3 is 15.4 Å². The minimum Gasteiger partial charge on any atom is -0.381 e. The highest BCUT2D eigenvalue weighted by Crippen LogP contribution is 2.40. The molecule has 1 fully saturated rings. The van der Waals surface area contributed by atoms with Gasteiger partial charge in [0, 0.05) is 29.4 Å². The fourth-order valence-electron chi connectivity index (χ4n) is 2.77. The number of benzene rings is 2. The number of amides is 2. The summed E-state index contributed by atoms with van der Waals surface area (Å²) in [6, 6.07) is 17.2. The molecule has 2 aromatic carbocycles. The van der Waals surface area contributed by atoms with Gasteiger partial charge in [0.25, 0.3) is 0 Å². The molecule has 4 nitrogen and oxygen atoms in total. The fraction of sp³-hybridized carbons (Fsp3) is 0.316. The topological polar surface area (TPSA) is 50.4 Å². The van der Waals surface area contributed by atoms with Gasteiger partial charge in [0.2, 0.25) is 0 Å². The van der Waals surface area contributed by atoms with Gasteiger partial charge in [-0.05, 0) is 37.1 Å². The lowest BCUT2D eigenvalue weighted by atomic mass is 9.99. The average molecular weight is 377 g/mol. The van der Waals surface area contributed by atoms with Crippen molar-refractivity contribution in [2.75, 3.05) is 25.1 Å². The molecule has 0 radical (unpaired) electrons. The Balaban J connectivity index is 1.62. The maximum absolute atomic E-state index is 12.3. The van der Waals surface area contributed by atoms with Crippen LogP contribution in [-0.2, 0) is 4.74 Å². The van der Waals surface area contributed by atoms with Crippen LogP contribution in [0.3, 0.4) is 0 Å². The number of para-hydroxylation sites is 1. The van der Waals surface area contributed by atoms with Crippen LogP contribution in [0, 0.1) is 0 Å². The van der Waals surface area contributed by atoms with Gasteiger partial charge in [-0.15, -0.1) is 11.8 Å². The first-order valence-corrected chi connectivity index (χ1v) is 9.48. The van der Waals surface area contributed by atoms with E-state index in [4.69, 9.17) is 16.3 Å². The monoisotopic (exact) mass is 376 g/mol. The van der Waals surface area contributed by atoms with Crippen LogP contribution in [0.1, 0.15) is 12.8 Å². The molecule has 0 bridgehead atoms. The maximum Gasteiger partial charge on any atom is 0.319 e. The fourth-order valence-corrected chi connectivity index (χ4v) is 4.26. The second kappa shape index (κ2) is 8.61. The van der Waals surface area contributed by atoms with Crippen LogP contribution in [0.15, 0.2) is 59.5 Å². The lowest BCUT2D eigenvalue weighted by Gasteiger charge is -2.36. The van der Waals surface area contributed by atoms with Gasteiger partial charge >= 0.3 is 6.03 Å². The summed E-state index contributed by atoms with van der Waals surface area (Å²) in [4.78, 5) is 13.5. The van der Waals surface area contributed by atoms with E-state index in [2.05, 4.69) is 22.8 Å². The summed E-state index contributed by atoms with van der Waals surface area (Å²) in [5.41, 5.74) is 0.610. The van der Waals surface area contributed by atoms with Crippen LogP contribution in [0.2, 0.25) is 5.02 Å². The Bertz CT molecular complexity index is 706. The second-order valence-electron chi connectivity index (χ2n) is 6.00. The van der Waals surface area contributed by atoms with Crippen molar-refractivity contribution in [2.24, 2.45) is 0 Å². The van der Waals surface area contributed by atoms with E-state index in [9.17, 15) is 4.79 Å². The van der Waals surface area contributed by atoms with Gasteiger partial charge in [0.15, 0.2) is 0 Å². The summed E-state index contributed by atoms with van der Waals surface area (Å²) >= 11 is 7.90. The Morgan fingerprint density at radius 1 is 1.08 bits per heavy atom. The quantitative estimate of drug-likeness (QED) is 0.787. The van der Waals surface area contributed by atoms with Gasteiger partial charge in [-0.2, -0.15) is 0 Å². The number of thioether (sulfide) groups is 1. The molecular formula is C19H21ClN2O2S. The van der Waals surface area contributed by atoms with Crippen LogP contribution < -0.4 is 10.6 Å². The van der Waals surface area contributed by atoms with Gasteiger partial charge in [-0.25, -0.2) is 4.79 Å². The molecule has 6 heteroatoms. The number of anilines is 1. The summed E-state index contributed by atoms with van der Waals surface area (Å²) < 4.78 is 5.46. The zero-order valence-electron chi connectivity index (χ0n) is 13.8. The Kier molecular flexibility index (Phi) is 6.24. The van der Waals surface area contributed by atoms with Crippen molar-refractivity contribution in [3.63, 3.8) is 0 Å². The Hall–Kier alpha value is -1.69. The standard InChI is InChI=1S/C19H21ClN2O2S/c20-16-8-4-5-9-17(16)22-18(23)21-14-19(10-12-24-13-11-19)25-15-6-2-1-3-7-15/h1-9H,10-14H2,(H2,21,22,23). The lowest BCUT2D eigenvalue weighted by Crippen LogP contribution is -2.45. The van der Waals surface area contributed by atoms with E-state index in [0.29, 0.717) is 30.5 Å². The van der Waals surface area contributed by atoms with Crippen molar-refractivity contribution in [3.05, 3.63) is 59.6 Å². The van der Waals surface area contributed by atoms with Crippen LogP contribution in [0.4, 0.5) is 10.5 Å². The molecule has 0 aliphatic carbocycles.